The first kappa shape index (κ1) is 24.2. The predicted octanol–water partition coefficient (Wildman–Crippen LogP) is 4.35. The molecule has 1 aliphatic carbocycles. The van der Waals surface area contributed by atoms with Gasteiger partial charge in [-0.15, -0.1) is 24.0 Å². The highest BCUT2D eigenvalue weighted by Gasteiger charge is 2.43. The minimum Gasteiger partial charge on any atom is -0.493 e. The zero-order valence-electron chi connectivity index (χ0n) is 17.2. The van der Waals surface area contributed by atoms with Crippen LogP contribution in [0.25, 0.3) is 0 Å². The molecule has 30 heavy (non-hydrogen) atoms. The van der Waals surface area contributed by atoms with Crippen LogP contribution in [0.5, 0.6) is 11.5 Å². The van der Waals surface area contributed by atoms with Crippen molar-refractivity contribution < 1.29 is 18.3 Å². The van der Waals surface area contributed by atoms with E-state index in [1.165, 1.54) is 25.5 Å². The fraction of sp³-hybridized carbons (Fsp3) is 0.409. The Labute approximate surface area is 193 Å². The zero-order valence-corrected chi connectivity index (χ0v) is 19.5. The third kappa shape index (κ3) is 6.45. The maximum atomic E-state index is 12.6. The average Bonchev–Trinajstić information content (AvgIpc) is 3.52. The van der Waals surface area contributed by atoms with Crippen LogP contribution in [0.15, 0.2) is 53.5 Å². The molecule has 0 aliphatic heterocycles. The summed E-state index contributed by atoms with van der Waals surface area (Å²) in [5.41, 5.74) is 2.41. The zero-order chi connectivity index (χ0) is 20.7. The van der Waals surface area contributed by atoms with E-state index in [2.05, 4.69) is 44.6 Å². The molecule has 3 rings (SSSR count). The largest absolute Gasteiger partial charge is 0.493 e. The van der Waals surface area contributed by atoms with Crippen molar-refractivity contribution in [3.8, 4) is 11.5 Å². The summed E-state index contributed by atoms with van der Waals surface area (Å²) in [6.45, 7) is -1.45. The minimum absolute atomic E-state index is 0. The predicted molar refractivity (Wildman–Crippen MR) is 125 cm³/mol. The normalized spacial score (nSPS) is 14.6. The lowest BCUT2D eigenvalue weighted by Crippen LogP contribution is -2.41. The van der Waals surface area contributed by atoms with E-state index in [9.17, 15) is 8.78 Å². The van der Waals surface area contributed by atoms with Crippen LogP contribution in [0.2, 0.25) is 0 Å². The van der Waals surface area contributed by atoms with E-state index in [0.29, 0.717) is 13.0 Å². The quantitative estimate of drug-likeness (QED) is 0.287. The van der Waals surface area contributed by atoms with Gasteiger partial charge in [0.1, 0.15) is 0 Å². The Hall–Kier alpha value is -2.10. The molecule has 164 valence electrons. The molecule has 2 N–H and O–H groups in total. The lowest BCUT2D eigenvalue weighted by molar-refractivity contribution is -0.0512. The third-order valence-electron chi connectivity index (χ3n) is 5.21. The third-order valence-corrected chi connectivity index (χ3v) is 5.21. The number of nitrogens with zero attached hydrogens (tertiary/aromatic N) is 1. The molecule has 1 saturated carbocycles. The Bertz CT molecular complexity index is 830. The summed E-state index contributed by atoms with van der Waals surface area (Å²) in [4.78, 5) is 4.28. The topological polar surface area (TPSA) is 54.9 Å². The lowest BCUT2D eigenvalue weighted by Gasteiger charge is -2.19. The Morgan fingerprint density at radius 1 is 1.10 bits per heavy atom. The number of hydrogen-bond acceptors (Lipinski definition) is 3. The molecule has 0 unspecified atom stereocenters. The van der Waals surface area contributed by atoms with E-state index in [1.807, 2.05) is 12.1 Å². The molecular weight excluding hydrogens is 503 g/mol. The average molecular weight is 531 g/mol. The number of hydrogen-bond donors (Lipinski definition) is 2. The molecule has 0 spiro atoms. The van der Waals surface area contributed by atoms with Crippen molar-refractivity contribution >= 4 is 29.9 Å². The molecule has 2 aromatic carbocycles. The van der Waals surface area contributed by atoms with Crippen molar-refractivity contribution in [3.05, 3.63) is 59.7 Å². The van der Waals surface area contributed by atoms with Crippen LogP contribution in [0.3, 0.4) is 0 Å². The molecule has 0 amide bonds. The van der Waals surface area contributed by atoms with Crippen molar-refractivity contribution in [3.63, 3.8) is 0 Å². The van der Waals surface area contributed by atoms with E-state index < -0.39 is 6.61 Å². The van der Waals surface area contributed by atoms with Crippen molar-refractivity contribution in [2.45, 2.75) is 31.3 Å². The van der Waals surface area contributed by atoms with Gasteiger partial charge in [0.2, 0.25) is 0 Å². The SMILES string of the molecule is CN=C(NCCc1ccc(OC)c(OC(F)F)c1)NCC1(c2ccccc2)CC1.I. The standard InChI is InChI=1S/C22H27F2N3O2.HI/c1-25-21(27-15-22(11-12-22)17-6-4-3-5-7-17)26-13-10-16-8-9-18(28-2)19(14-16)29-20(23)24;/h3-9,14,20H,10-13,15H2,1-2H3,(H2,25,26,27);1H. The monoisotopic (exact) mass is 531 g/mol. The molecule has 2 aromatic rings. The Morgan fingerprint density at radius 2 is 1.83 bits per heavy atom. The minimum atomic E-state index is -2.89. The molecule has 0 radical (unpaired) electrons. The van der Waals surface area contributed by atoms with E-state index in [4.69, 9.17) is 4.74 Å². The van der Waals surface area contributed by atoms with Crippen LogP contribution in [0.1, 0.15) is 24.0 Å². The summed E-state index contributed by atoms with van der Waals surface area (Å²) < 4.78 is 34.7. The van der Waals surface area contributed by atoms with Crippen molar-refractivity contribution in [1.82, 2.24) is 10.6 Å². The molecule has 8 heteroatoms. The number of nitrogens with one attached hydrogen (secondary N) is 2. The number of aliphatic imine (C=N–C) groups is 1. The first-order valence-corrected chi connectivity index (χ1v) is 9.68. The van der Waals surface area contributed by atoms with Crippen LogP contribution in [0.4, 0.5) is 8.78 Å². The van der Waals surface area contributed by atoms with Crippen molar-refractivity contribution in [2.75, 3.05) is 27.2 Å². The molecule has 0 heterocycles. The van der Waals surface area contributed by atoms with Crippen LogP contribution in [-0.2, 0) is 11.8 Å². The maximum Gasteiger partial charge on any atom is 0.387 e. The summed E-state index contributed by atoms with van der Waals surface area (Å²) in [5, 5.41) is 6.68. The summed E-state index contributed by atoms with van der Waals surface area (Å²) >= 11 is 0. The summed E-state index contributed by atoms with van der Waals surface area (Å²) in [5.74, 6) is 1.06. The second kappa shape index (κ2) is 11.3. The molecule has 0 saturated heterocycles. The smallest absolute Gasteiger partial charge is 0.387 e. The first-order valence-electron chi connectivity index (χ1n) is 9.68. The fourth-order valence-electron chi connectivity index (χ4n) is 3.37. The number of methoxy groups -OCH3 is 1. The summed E-state index contributed by atoms with van der Waals surface area (Å²) in [6, 6.07) is 15.6. The van der Waals surface area contributed by atoms with E-state index in [1.54, 1.807) is 19.2 Å². The fourth-order valence-corrected chi connectivity index (χ4v) is 3.37. The molecule has 1 aliphatic rings. The van der Waals surface area contributed by atoms with Gasteiger partial charge in [-0.3, -0.25) is 4.99 Å². The molecule has 1 fully saturated rings. The summed E-state index contributed by atoms with van der Waals surface area (Å²) in [6.07, 6.45) is 2.97. The van der Waals surface area contributed by atoms with Gasteiger partial charge < -0.3 is 20.1 Å². The number of ether oxygens (including phenoxy) is 2. The highest BCUT2D eigenvalue weighted by atomic mass is 127. The van der Waals surface area contributed by atoms with E-state index in [-0.39, 0.29) is 40.9 Å². The second-order valence-electron chi connectivity index (χ2n) is 7.11. The molecular formula is C22H28F2IN3O2. The van der Waals surface area contributed by atoms with E-state index >= 15 is 0 Å². The van der Waals surface area contributed by atoms with Crippen LogP contribution >= 0.6 is 24.0 Å². The van der Waals surface area contributed by atoms with E-state index in [0.717, 1.165) is 18.1 Å². The van der Waals surface area contributed by atoms with Crippen LogP contribution < -0.4 is 20.1 Å². The highest BCUT2D eigenvalue weighted by molar-refractivity contribution is 14.0. The molecule has 0 aromatic heterocycles. The van der Waals surface area contributed by atoms with Gasteiger partial charge in [0.15, 0.2) is 17.5 Å². The van der Waals surface area contributed by atoms with Gasteiger partial charge >= 0.3 is 6.61 Å². The molecule has 0 atom stereocenters. The van der Waals surface area contributed by atoms with Gasteiger partial charge in [0, 0.05) is 25.6 Å². The number of alkyl halides is 2. The Kier molecular flexibility index (Phi) is 9.13. The number of benzene rings is 2. The number of guanidine groups is 1. The Balaban J connectivity index is 0.00000320. The van der Waals surface area contributed by atoms with Gasteiger partial charge in [0.25, 0.3) is 0 Å². The van der Waals surface area contributed by atoms with Gasteiger partial charge in [0.05, 0.1) is 7.11 Å². The molecule has 5 nitrogen and oxygen atoms in total. The second-order valence-corrected chi connectivity index (χ2v) is 7.11. The van der Waals surface area contributed by atoms with Gasteiger partial charge in [-0.2, -0.15) is 8.78 Å². The van der Waals surface area contributed by atoms with Gasteiger partial charge in [-0.1, -0.05) is 36.4 Å². The summed E-state index contributed by atoms with van der Waals surface area (Å²) in [7, 11) is 3.16. The van der Waals surface area contributed by atoms with Crippen LogP contribution in [0, 0.1) is 0 Å². The van der Waals surface area contributed by atoms with Gasteiger partial charge in [-0.05, 0) is 42.5 Å². The van der Waals surface area contributed by atoms with Crippen LogP contribution in [-0.4, -0.2) is 39.8 Å². The maximum absolute atomic E-state index is 12.6. The molecule has 0 bridgehead atoms. The Morgan fingerprint density at radius 3 is 2.43 bits per heavy atom. The highest BCUT2D eigenvalue weighted by Crippen LogP contribution is 2.47. The lowest BCUT2D eigenvalue weighted by atomic mass is 9.96. The first-order chi connectivity index (χ1) is 14.1. The number of halogens is 3. The van der Waals surface area contributed by atoms with Crippen molar-refractivity contribution in [1.29, 1.82) is 0 Å². The number of rotatable bonds is 9. The van der Waals surface area contributed by atoms with Gasteiger partial charge in [-0.25, -0.2) is 0 Å². The van der Waals surface area contributed by atoms with Crippen molar-refractivity contribution in [2.24, 2.45) is 4.99 Å².